The fourth-order valence-electron chi connectivity index (χ4n) is 5.65. The van der Waals surface area contributed by atoms with Gasteiger partial charge in [0, 0.05) is 12.5 Å². The monoisotopic (exact) mass is 575 g/mol. The van der Waals surface area contributed by atoms with Gasteiger partial charge in [-0.1, -0.05) is 12.1 Å². The van der Waals surface area contributed by atoms with Crippen molar-refractivity contribution in [2.75, 3.05) is 28.4 Å². The number of nitrogens with zero attached hydrogens (tertiary/aromatic N) is 5. The molecule has 12 nitrogen and oxygen atoms in total. The lowest BCUT2D eigenvalue weighted by atomic mass is 9.77. The lowest BCUT2D eigenvalue weighted by molar-refractivity contribution is -0.385. The van der Waals surface area contributed by atoms with E-state index in [-0.39, 0.29) is 17.3 Å². The van der Waals surface area contributed by atoms with Gasteiger partial charge in [0.05, 0.1) is 45.1 Å². The van der Waals surface area contributed by atoms with Crippen molar-refractivity contribution in [3.63, 3.8) is 0 Å². The summed E-state index contributed by atoms with van der Waals surface area (Å²) < 4.78 is 23.2. The first-order chi connectivity index (χ1) is 20.3. The molecule has 2 aromatic carbocycles. The van der Waals surface area contributed by atoms with Gasteiger partial charge in [-0.3, -0.25) is 19.6 Å². The Kier molecular flexibility index (Phi) is 8.14. The second kappa shape index (κ2) is 11.9. The Morgan fingerprint density at radius 2 is 1.69 bits per heavy atom. The predicted octanol–water partition coefficient (Wildman–Crippen LogP) is 5.28. The average molecular weight is 576 g/mol. The molecule has 42 heavy (non-hydrogen) atoms. The summed E-state index contributed by atoms with van der Waals surface area (Å²) in [6.45, 7) is 2.18. The predicted molar refractivity (Wildman–Crippen MR) is 155 cm³/mol. The van der Waals surface area contributed by atoms with E-state index in [1.54, 1.807) is 41.4 Å². The molecule has 2 heterocycles. The summed E-state index contributed by atoms with van der Waals surface area (Å²) in [5, 5.41) is 22.3. The van der Waals surface area contributed by atoms with Crippen molar-refractivity contribution in [3.8, 4) is 23.0 Å². The number of hydrogen-bond donors (Lipinski definition) is 0. The zero-order valence-electron chi connectivity index (χ0n) is 24.2. The zero-order valence-corrected chi connectivity index (χ0v) is 24.2. The maximum absolute atomic E-state index is 14.1. The number of hydrogen-bond acceptors (Lipinski definition) is 9. The Balaban J connectivity index is 1.63. The Labute approximate surface area is 243 Å². The van der Waals surface area contributed by atoms with Gasteiger partial charge in [0.2, 0.25) is 5.69 Å². The van der Waals surface area contributed by atoms with Gasteiger partial charge in [0.25, 0.3) is 0 Å². The quantitative estimate of drug-likeness (QED) is 0.249. The molecule has 0 N–H and O–H groups in total. The number of rotatable bonds is 9. The number of carbonyl (C=O) groups is 1. The van der Waals surface area contributed by atoms with Gasteiger partial charge < -0.3 is 18.9 Å². The number of allylic oxidation sites excluding steroid dienone is 1. The smallest absolute Gasteiger partial charge is 0.320 e. The van der Waals surface area contributed by atoms with Crippen molar-refractivity contribution in [1.29, 1.82) is 0 Å². The number of amides is 1. The molecule has 0 radical (unpaired) electrons. The first kappa shape index (κ1) is 28.7. The van der Waals surface area contributed by atoms with Crippen LogP contribution in [0.1, 0.15) is 53.8 Å². The maximum Gasteiger partial charge on any atom is 0.320 e. The average Bonchev–Trinajstić information content (AvgIpc) is 3.63. The first-order valence-electron chi connectivity index (χ1n) is 13.6. The van der Waals surface area contributed by atoms with Crippen molar-refractivity contribution >= 4 is 23.4 Å². The van der Waals surface area contributed by atoms with Crippen molar-refractivity contribution in [2.45, 2.75) is 38.8 Å². The number of benzene rings is 2. The number of aryl methyl sites for hydroxylation is 1. The maximum atomic E-state index is 14.1. The first-order valence-corrected chi connectivity index (χ1v) is 13.6. The molecule has 0 bridgehead atoms. The number of methoxy groups -OCH3 is 4. The molecule has 1 saturated carbocycles. The van der Waals surface area contributed by atoms with Crippen LogP contribution in [0.4, 0.5) is 5.69 Å². The van der Waals surface area contributed by atoms with Gasteiger partial charge in [-0.2, -0.15) is 10.2 Å². The van der Waals surface area contributed by atoms with Crippen LogP contribution in [0, 0.1) is 16.0 Å². The van der Waals surface area contributed by atoms with E-state index in [1.807, 2.05) is 36.4 Å². The topological polar surface area (TPSA) is 131 Å². The summed E-state index contributed by atoms with van der Waals surface area (Å²) >= 11 is 0. The lowest BCUT2D eigenvalue weighted by Crippen LogP contribution is -2.32. The molecule has 2 atom stereocenters. The Hall–Kier alpha value is -4.87. The van der Waals surface area contributed by atoms with Crippen molar-refractivity contribution in [3.05, 3.63) is 75.1 Å². The van der Waals surface area contributed by atoms with Crippen LogP contribution in [-0.2, 0) is 6.54 Å². The van der Waals surface area contributed by atoms with Gasteiger partial charge in [-0.15, -0.1) is 0 Å². The molecule has 1 amide bonds. The summed E-state index contributed by atoms with van der Waals surface area (Å²) in [6.07, 6.45) is 5.72. The highest BCUT2D eigenvalue weighted by atomic mass is 16.6. The summed E-state index contributed by atoms with van der Waals surface area (Å²) in [6, 6.07) is 10.6. The highest BCUT2D eigenvalue weighted by molar-refractivity contribution is 6.09. The summed E-state index contributed by atoms with van der Waals surface area (Å²) in [5.41, 5.74) is 2.81. The standard InChI is InChI=1S/C30H33N5O7/c1-6-33-17-22(35(37)38)28(31-33)30(36)34-29(20-11-13-24(40-3)26(16-20)42-5)21-9-7-8-19(27(21)32-34)14-18-10-12-23(39-2)25(15-18)41-4/h10-17,21,29H,6-9H2,1-5H3/b19-14+. The molecule has 1 aromatic heterocycles. The van der Waals surface area contributed by atoms with E-state index in [4.69, 9.17) is 24.0 Å². The normalized spacial score (nSPS) is 18.8. The van der Waals surface area contributed by atoms with Gasteiger partial charge in [-0.05, 0) is 73.2 Å². The van der Waals surface area contributed by atoms with Crippen molar-refractivity contribution in [1.82, 2.24) is 14.8 Å². The SMILES string of the molecule is CCn1cc([N+](=O)[O-])c(C(=O)N2N=C3/C(=C/c4ccc(OC)c(OC)c4)CCCC3C2c2ccc(OC)c(OC)c2)n1. The third-order valence-corrected chi connectivity index (χ3v) is 7.67. The summed E-state index contributed by atoms with van der Waals surface area (Å²) in [5.74, 6) is 1.49. The van der Waals surface area contributed by atoms with E-state index >= 15 is 0 Å². The third kappa shape index (κ3) is 5.15. The molecule has 1 fully saturated rings. The van der Waals surface area contributed by atoms with Crippen LogP contribution in [0.25, 0.3) is 6.08 Å². The minimum absolute atomic E-state index is 0.153. The van der Waals surface area contributed by atoms with E-state index in [1.165, 1.54) is 15.9 Å². The molecule has 12 heteroatoms. The van der Waals surface area contributed by atoms with Crippen LogP contribution < -0.4 is 18.9 Å². The van der Waals surface area contributed by atoms with E-state index in [0.29, 0.717) is 29.5 Å². The van der Waals surface area contributed by atoms with E-state index in [9.17, 15) is 14.9 Å². The second-order valence-corrected chi connectivity index (χ2v) is 9.95. The van der Waals surface area contributed by atoms with Crippen LogP contribution in [0.5, 0.6) is 23.0 Å². The molecule has 3 aromatic rings. The van der Waals surface area contributed by atoms with Gasteiger partial charge in [0.1, 0.15) is 6.20 Å². The van der Waals surface area contributed by atoms with Crippen LogP contribution in [0.3, 0.4) is 0 Å². The zero-order chi connectivity index (χ0) is 30.0. The minimum Gasteiger partial charge on any atom is -0.493 e. The molecule has 220 valence electrons. The van der Waals surface area contributed by atoms with Crippen LogP contribution in [0.2, 0.25) is 0 Å². The molecular formula is C30H33N5O7. The molecule has 1 aliphatic heterocycles. The number of aromatic nitrogens is 2. The molecule has 2 aliphatic rings. The largest absolute Gasteiger partial charge is 0.493 e. The fourth-order valence-corrected chi connectivity index (χ4v) is 5.65. The lowest BCUT2D eigenvalue weighted by Gasteiger charge is -2.29. The fraction of sp³-hybridized carbons (Fsp3) is 0.367. The minimum atomic E-state index is -0.638. The van der Waals surface area contributed by atoms with Crippen LogP contribution >= 0.6 is 0 Å². The van der Waals surface area contributed by atoms with Crippen LogP contribution in [-0.4, -0.2) is 59.8 Å². The van der Waals surface area contributed by atoms with Gasteiger partial charge in [-0.25, -0.2) is 5.01 Å². The third-order valence-electron chi connectivity index (χ3n) is 7.67. The molecule has 0 saturated heterocycles. The number of fused-ring (bicyclic) bond motifs is 1. The van der Waals surface area contributed by atoms with E-state index in [0.717, 1.165) is 41.7 Å². The van der Waals surface area contributed by atoms with Crippen molar-refractivity contribution in [2.24, 2.45) is 11.0 Å². The van der Waals surface area contributed by atoms with Crippen LogP contribution in [0.15, 0.2) is 53.3 Å². The number of ether oxygens (including phenoxy) is 4. The Morgan fingerprint density at radius 3 is 2.33 bits per heavy atom. The highest BCUT2D eigenvalue weighted by Gasteiger charge is 2.46. The number of carbonyl (C=O) groups excluding carboxylic acids is 1. The Morgan fingerprint density at radius 1 is 1.02 bits per heavy atom. The van der Waals surface area contributed by atoms with Gasteiger partial charge in [0.15, 0.2) is 23.0 Å². The molecule has 1 aliphatic carbocycles. The Bertz CT molecular complexity index is 1580. The highest BCUT2D eigenvalue weighted by Crippen LogP contribution is 2.47. The molecule has 5 rings (SSSR count). The van der Waals surface area contributed by atoms with E-state index in [2.05, 4.69) is 5.10 Å². The summed E-state index contributed by atoms with van der Waals surface area (Å²) in [4.78, 5) is 25.3. The number of hydrazone groups is 1. The second-order valence-electron chi connectivity index (χ2n) is 9.95. The van der Waals surface area contributed by atoms with Crippen molar-refractivity contribution < 1.29 is 28.7 Å². The number of nitro groups is 1. The van der Waals surface area contributed by atoms with Gasteiger partial charge >= 0.3 is 11.6 Å². The summed E-state index contributed by atoms with van der Waals surface area (Å²) in [7, 11) is 6.28. The molecule has 2 unspecified atom stereocenters. The molecular weight excluding hydrogens is 542 g/mol. The van der Waals surface area contributed by atoms with E-state index < -0.39 is 16.9 Å². The molecule has 0 spiro atoms.